The number of nitrogens with zero attached hydrogens (tertiary/aromatic N) is 4. The lowest BCUT2D eigenvalue weighted by molar-refractivity contribution is 1.07. The van der Waals surface area contributed by atoms with Crippen LogP contribution in [0.5, 0.6) is 0 Å². The van der Waals surface area contributed by atoms with Crippen LogP contribution in [0.1, 0.15) is 0 Å². The largest absolute Gasteiger partial charge is 0.236 e. The van der Waals surface area contributed by atoms with Crippen LogP contribution in [0, 0.1) is 0 Å². The molecule has 0 N–H and O–H groups in total. The molecule has 2 aromatic heterocycles. The molecule has 0 unspecified atom stereocenters. The average Bonchev–Trinajstić information content (AvgIpc) is 3.34. The van der Waals surface area contributed by atoms with Gasteiger partial charge in [0.15, 0.2) is 17.5 Å². The second-order valence-corrected chi connectivity index (χ2v) is 8.63. The molecule has 0 spiro atoms. The van der Waals surface area contributed by atoms with Gasteiger partial charge in [0.05, 0.1) is 10.2 Å². The van der Waals surface area contributed by atoms with Gasteiger partial charge in [0.1, 0.15) is 5.01 Å². The first kappa shape index (κ1) is 19.5. The molecule has 0 aliphatic rings. The quantitative estimate of drug-likeness (QED) is 0.291. The molecule has 4 nitrogen and oxygen atoms in total. The second kappa shape index (κ2) is 8.37. The predicted molar refractivity (Wildman–Crippen MR) is 135 cm³/mol. The van der Waals surface area contributed by atoms with Crippen LogP contribution in [-0.2, 0) is 0 Å². The van der Waals surface area contributed by atoms with Crippen LogP contribution in [0.4, 0.5) is 0 Å². The summed E-state index contributed by atoms with van der Waals surface area (Å²) in [5.41, 5.74) is 4.98. The number of benzene rings is 4. The van der Waals surface area contributed by atoms with E-state index in [9.17, 15) is 0 Å². The van der Waals surface area contributed by atoms with Crippen LogP contribution in [0.2, 0.25) is 0 Å². The third-order valence-electron chi connectivity index (χ3n) is 5.38. The van der Waals surface area contributed by atoms with Gasteiger partial charge in [-0.05, 0) is 12.1 Å². The minimum absolute atomic E-state index is 0.651. The van der Waals surface area contributed by atoms with Gasteiger partial charge < -0.3 is 0 Å². The van der Waals surface area contributed by atoms with E-state index >= 15 is 0 Å². The highest BCUT2D eigenvalue weighted by molar-refractivity contribution is 7.21. The summed E-state index contributed by atoms with van der Waals surface area (Å²) in [6.45, 7) is 0. The van der Waals surface area contributed by atoms with E-state index in [4.69, 9.17) is 19.9 Å². The van der Waals surface area contributed by atoms with Crippen molar-refractivity contribution < 1.29 is 0 Å². The van der Waals surface area contributed by atoms with Crippen LogP contribution in [-0.4, -0.2) is 19.9 Å². The van der Waals surface area contributed by atoms with E-state index in [0.29, 0.717) is 17.5 Å². The molecule has 2 heterocycles. The Morgan fingerprint density at radius 1 is 0.394 bits per heavy atom. The van der Waals surface area contributed by atoms with Crippen molar-refractivity contribution >= 4 is 21.6 Å². The van der Waals surface area contributed by atoms with Crippen LogP contribution >= 0.6 is 11.3 Å². The number of rotatable bonds is 4. The number of para-hydroxylation sites is 1. The van der Waals surface area contributed by atoms with E-state index in [2.05, 4.69) is 30.3 Å². The van der Waals surface area contributed by atoms with Gasteiger partial charge in [0.2, 0.25) is 0 Å². The minimum Gasteiger partial charge on any atom is -0.236 e. The summed E-state index contributed by atoms with van der Waals surface area (Å²) in [4.78, 5) is 19.1. The van der Waals surface area contributed by atoms with Crippen molar-refractivity contribution in [3.63, 3.8) is 0 Å². The van der Waals surface area contributed by atoms with Crippen molar-refractivity contribution in [1.29, 1.82) is 0 Å². The molecule has 0 radical (unpaired) electrons. The van der Waals surface area contributed by atoms with E-state index in [-0.39, 0.29) is 0 Å². The second-order valence-electron chi connectivity index (χ2n) is 7.60. The van der Waals surface area contributed by atoms with Crippen LogP contribution in [0.25, 0.3) is 55.0 Å². The standard InChI is InChI=1S/C28H18N4S/c1-3-9-19(10-4-1)25-30-26(20-11-5-2-6-12-20)32-27(31-25)21-15-17-22(18-16-21)28-29-23-13-7-8-14-24(23)33-28/h1-18H. The first-order valence-electron chi connectivity index (χ1n) is 10.7. The molecule has 0 atom stereocenters. The summed E-state index contributed by atoms with van der Waals surface area (Å²) in [5, 5.41) is 1.01. The Kier molecular flexibility index (Phi) is 4.94. The Hall–Kier alpha value is -4.22. The van der Waals surface area contributed by atoms with Crippen molar-refractivity contribution in [2.24, 2.45) is 0 Å². The Labute approximate surface area is 195 Å². The molecule has 0 amide bonds. The van der Waals surface area contributed by atoms with Gasteiger partial charge in [0, 0.05) is 22.3 Å². The van der Waals surface area contributed by atoms with Crippen molar-refractivity contribution in [2.75, 3.05) is 0 Å². The SMILES string of the molecule is c1ccc(-c2nc(-c3ccccc3)nc(-c3ccc(-c4nc5ccccc5s4)cc3)n2)cc1. The van der Waals surface area contributed by atoms with Crippen molar-refractivity contribution in [1.82, 2.24) is 19.9 Å². The maximum atomic E-state index is 4.80. The third-order valence-corrected chi connectivity index (χ3v) is 6.47. The van der Waals surface area contributed by atoms with E-state index in [0.717, 1.165) is 32.8 Å². The molecule has 0 bridgehead atoms. The molecule has 4 aromatic carbocycles. The summed E-state index contributed by atoms with van der Waals surface area (Å²) in [6, 6.07) is 36.5. The van der Waals surface area contributed by atoms with Gasteiger partial charge in [-0.1, -0.05) is 97.1 Å². The Morgan fingerprint density at radius 3 is 1.39 bits per heavy atom. The third kappa shape index (κ3) is 3.90. The van der Waals surface area contributed by atoms with Gasteiger partial charge >= 0.3 is 0 Å². The molecule has 0 fully saturated rings. The molecule has 0 aliphatic carbocycles. The maximum absolute atomic E-state index is 4.80. The number of aromatic nitrogens is 4. The topological polar surface area (TPSA) is 51.6 Å². The lowest BCUT2D eigenvalue weighted by Gasteiger charge is -2.08. The Morgan fingerprint density at radius 2 is 0.848 bits per heavy atom. The zero-order valence-electron chi connectivity index (χ0n) is 17.6. The van der Waals surface area contributed by atoms with Crippen LogP contribution < -0.4 is 0 Å². The van der Waals surface area contributed by atoms with Gasteiger partial charge in [-0.25, -0.2) is 19.9 Å². The van der Waals surface area contributed by atoms with Gasteiger partial charge in [-0.2, -0.15) is 0 Å². The van der Waals surface area contributed by atoms with Crippen LogP contribution in [0.15, 0.2) is 109 Å². The Bertz CT molecular complexity index is 1450. The zero-order chi connectivity index (χ0) is 22.0. The fourth-order valence-electron chi connectivity index (χ4n) is 3.70. The fourth-order valence-corrected chi connectivity index (χ4v) is 4.67. The van der Waals surface area contributed by atoms with Crippen molar-refractivity contribution in [3.8, 4) is 44.7 Å². The highest BCUT2D eigenvalue weighted by Gasteiger charge is 2.13. The summed E-state index contributed by atoms with van der Waals surface area (Å²) < 4.78 is 1.19. The van der Waals surface area contributed by atoms with E-state index in [1.54, 1.807) is 11.3 Å². The molecule has 6 rings (SSSR count). The Balaban J connectivity index is 1.43. The number of thiazole rings is 1. The highest BCUT2D eigenvalue weighted by Crippen LogP contribution is 2.31. The number of hydrogen-bond acceptors (Lipinski definition) is 5. The number of hydrogen-bond donors (Lipinski definition) is 0. The summed E-state index contributed by atoms with van der Waals surface area (Å²) >= 11 is 1.70. The lowest BCUT2D eigenvalue weighted by Crippen LogP contribution is -2.00. The van der Waals surface area contributed by atoms with E-state index < -0.39 is 0 Å². The van der Waals surface area contributed by atoms with E-state index in [1.807, 2.05) is 78.9 Å². The van der Waals surface area contributed by atoms with Gasteiger partial charge in [-0.15, -0.1) is 11.3 Å². The lowest BCUT2D eigenvalue weighted by atomic mass is 10.1. The summed E-state index contributed by atoms with van der Waals surface area (Å²) in [5.74, 6) is 1.97. The molecule has 156 valence electrons. The molecular weight excluding hydrogens is 424 g/mol. The van der Waals surface area contributed by atoms with E-state index in [1.165, 1.54) is 4.70 Å². The average molecular weight is 443 g/mol. The highest BCUT2D eigenvalue weighted by atomic mass is 32.1. The first-order valence-corrected chi connectivity index (χ1v) is 11.5. The molecule has 0 saturated heterocycles. The summed E-state index contributed by atoms with van der Waals surface area (Å²) in [6.07, 6.45) is 0. The zero-order valence-corrected chi connectivity index (χ0v) is 18.4. The van der Waals surface area contributed by atoms with Gasteiger partial charge in [-0.3, -0.25) is 0 Å². The predicted octanol–water partition coefficient (Wildman–Crippen LogP) is 7.15. The monoisotopic (exact) mass is 442 g/mol. The van der Waals surface area contributed by atoms with Gasteiger partial charge in [0.25, 0.3) is 0 Å². The molecule has 0 aliphatic heterocycles. The molecule has 0 saturated carbocycles. The minimum atomic E-state index is 0.651. The molecular formula is C28H18N4S. The fraction of sp³-hybridized carbons (Fsp3) is 0. The van der Waals surface area contributed by atoms with Crippen molar-refractivity contribution in [2.45, 2.75) is 0 Å². The van der Waals surface area contributed by atoms with Crippen LogP contribution in [0.3, 0.4) is 0 Å². The molecule has 5 heteroatoms. The number of fused-ring (bicyclic) bond motifs is 1. The first-order chi connectivity index (χ1) is 16.3. The summed E-state index contributed by atoms with van der Waals surface area (Å²) in [7, 11) is 0. The van der Waals surface area contributed by atoms with Crippen molar-refractivity contribution in [3.05, 3.63) is 109 Å². The normalized spacial score (nSPS) is 11.0. The smallest absolute Gasteiger partial charge is 0.164 e. The molecule has 33 heavy (non-hydrogen) atoms. The maximum Gasteiger partial charge on any atom is 0.164 e. The molecule has 6 aromatic rings.